The maximum Gasteiger partial charge on any atom is 0.335 e. The number of nitrogens with one attached hydrogen (secondary N) is 1. The quantitative estimate of drug-likeness (QED) is 0.522. The van der Waals surface area contributed by atoms with Crippen LogP contribution in [0.4, 0.5) is 10.1 Å². The smallest absolute Gasteiger partial charge is 0.335 e. The Morgan fingerprint density at radius 3 is 2.48 bits per heavy atom. The summed E-state index contributed by atoms with van der Waals surface area (Å²) >= 11 is 3.50. The molecule has 4 nitrogen and oxygen atoms in total. The Morgan fingerprint density at radius 1 is 1.04 bits per heavy atom. The first kappa shape index (κ1) is 18.9. The Kier molecular flexibility index (Phi) is 6.08. The van der Waals surface area contributed by atoms with Crippen molar-refractivity contribution in [2.75, 3.05) is 5.32 Å². The Labute approximate surface area is 164 Å². The Bertz CT molecular complexity index is 944. The molecule has 0 bridgehead atoms. The molecular weight excluding hydrogens is 413 g/mol. The molecule has 3 aromatic carbocycles. The van der Waals surface area contributed by atoms with Gasteiger partial charge in [0.2, 0.25) is 0 Å². The summed E-state index contributed by atoms with van der Waals surface area (Å²) in [6.45, 7) is 0.887. The number of carboxylic acids is 1. The number of carboxylic acid groups (broad SMARTS) is 1. The third kappa shape index (κ3) is 5.31. The summed E-state index contributed by atoms with van der Waals surface area (Å²) in [7, 11) is 0. The molecule has 0 aliphatic carbocycles. The molecule has 0 aliphatic heterocycles. The van der Waals surface area contributed by atoms with Crippen molar-refractivity contribution in [3.8, 4) is 5.75 Å². The van der Waals surface area contributed by atoms with Crippen LogP contribution in [0.15, 0.2) is 71.2 Å². The van der Waals surface area contributed by atoms with Gasteiger partial charge in [-0.15, -0.1) is 0 Å². The largest absolute Gasteiger partial charge is 0.488 e. The van der Waals surface area contributed by atoms with Gasteiger partial charge in [0.25, 0.3) is 0 Å². The Balaban J connectivity index is 1.60. The first-order valence-electron chi connectivity index (χ1n) is 8.24. The van der Waals surface area contributed by atoms with Crippen molar-refractivity contribution in [2.45, 2.75) is 13.2 Å². The standard InChI is InChI=1S/C21H17BrFNO3/c22-19-10-15(12-24-18-3-1-2-16(11-18)21(25)26)6-9-20(19)27-13-14-4-7-17(23)8-5-14/h1-11,24H,12-13H2,(H,25,26). The van der Waals surface area contributed by atoms with Crippen molar-refractivity contribution in [1.82, 2.24) is 0 Å². The molecule has 0 amide bonds. The second-order valence-corrected chi connectivity index (χ2v) is 6.77. The molecule has 0 spiro atoms. The maximum atomic E-state index is 12.9. The second kappa shape index (κ2) is 8.68. The molecule has 0 heterocycles. The van der Waals surface area contributed by atoms with Crippen molar-refractivity contribution in [3.05, 3.63) is 93.7 Å². The van der Waals surface area contributed by atoms with E-state index in [0.29, 0.717) is 18.9 Å². The van der Waals surface area contributed by atoms with Crippen molar-refractivity contribution in [3.63, 3.8) is 0 Å². The summed E-state index contributed by atoms with van der Waals surface area (Å²) in [5.41, 5.74) is 2.87. The number of rotatable bonds is 7. The van der Waals surface area contributed by atoms with Gasteiger partial charge in [-0.3, -0.25) is 0 Å². The van der Waals surface area contributed by atoms with Crippen LogP contribution in [0.1, 0.15) is 21.5 Å². The normalized spacial score (nSPS) is 10.4. The average molecular weight is 430 g/mol. The van der Waals surface area contributed by atoms with Gasteiger partial charge in [0.1, 0.15) is 18.2 Å². The van der Waals surface area contributed by atoms with E-state index in [0.717, 1.165) is 21.3 Å². The van der Waals surface area contributed by atoms with Gasteiger partial charge in [0, 0.05) is 12.2 Å². The highest BCUT2D eigenvalue weighted by Gasteiger charge is 2.06. The molecule has 0 radical (unpaired) electrons. The summed E-state index contributed by atoms with van der Waals surface area (Å²) in [5, 5.41) is 12.2. The number of aromatic carboxylic acids is 1. The fourth-order valence-electron chi connectivity index (χ4n) is 2.48. The molecule has 0 saturated carbocycles. The number of hydrogen-bond donors (Lipinski definition) is 2. The van der Waals surface area contributed by atoms with Gasteiger partial charge in [0.15, 0.2) is 0 Å². The molecule has 0 unspecified atom stereocenters. The lowest BCUT2D eigenvalue weighted by atomic mass is 10.2. The zero-order chi connectivity index (χ0) is 19.2. The first-order valence-corrected chi connectivity index (χ1v) is 9.03. The summed E-state index contributed by atoms with van der Waals surface area (Å²) < 4.78 is 19.5. The maximum absolute atomic E-state index is 12.9. The van der Waals surface area contributed by atoms with Gasteiger partial charge in [-0.25, -0.2) is 9.18 Å². The number of carbonyl (C=O) groups is 1. The molecule has 3 aromatic rings. The highest BCUT2D eigenvalue weighted by Crippen LogP contribution is 2.27. The van der Waals surface area contributed by atoms with Gasteiger partial charge in [-0.1, -0.05) is 24.3 Å². The molecule has 6 heteroatoms. The fraction of sp³-hybridized carbons (Fsp3) is 0.0952. The lowest BCUT2D eigenvalue weighted by Gasteiger charge is -2.11. The molecule has 3 rings (SSSR count). The topological polar surface area (TPSA) is 58.6 Å². The van der Waals surface area contributed by atoms with Crippen LogP contribution in [-0.2, 0) is 13.2 Å². The average Bonchev–Trinajstić information content (AvgIpc) is 2.67. The summed E-state index contributed by atoms with van der Waals surface area (Å²) in [6.07, 6.45) is 0. The van der Waals surface area contributed by atoms with E-state index in [1.54, 1.807) is 30.3 Å². The van der Waals surface area contributed by atoms with Crippen LogP contribution >= 0.6 is 15.9 Å². The molecule has 0 aliphatic rings. The van der Waals surface area contributed by atoms with Crippen molar-refractivity contribution < 1.29 is 19.0 Å². The number of halogens is 2. The van der Waals surface area contributed by atoms with E-state index in [9.17, 15) is 9.18 Å². The van der Waals surface area contributed by atoms with Crippen molar-refractivity contribution >= 4 is 27.6 Å². The lowest BCUT2D eigenvalue weighted by molar-refractivity contribution is 0.0697. The summed E-state index contributed by atoms with van der Waals surface area (Å²) in [5.74, 6) is -0.536. The van der Waals surface area contributed by atoms with Gasteiger partial charge in [0.05, 0.1) is 10.0 Å². The highest BCUT2D eigenvalue weighted by atomic mass is 79.9. The molecule has 138 valence electrons. The molecule has 0 aromatic heterocycles. The fourth-order valence-corrected chi connectivity index (χ4v) is 3.02. The monoisotopic (exact) mass is 429 g/mol. The minimum atomic E-state index is -0.955. The van der Waals surface area contributed by atoms with Gasteiger partial charge < -0.3 is 15.2 Å². The lowest BCUT2D eigenvalue weighted by Crippen LogP contribution is -2.02. The molecular formula is C21H17BrFNO3. The van der Waals surface area contributed by atoms with E-state index in [1.165, 1.54) is 12.1 Å². The molecule has 0 saturated heterocycles. The molecule has 0 atom stereocenters. The SMILES string of the molecule is O=C(O)c1cccc(NCc2ccc(OCc3ccc(F)cc3)c(Br)c2)c1. The summed E-state index contributed by atoms with van der Waals surface area (Å²) in [6, 6.07) is 18.6. The van der Waals surface area contributed by atoms with E-state index < -0.39 is 5.97 Å². The van der Waals surface area contributed by atoms with Crippen LogP contribution < -0.4 is 10.1 Å². The van der Waals surface area contributed by atoms with Gasteiger partial charge >= 0.3 is 5.97 Å². The molecule has 0 fully saturated rings. The van der Waals surface area contributed by atoms with Crippen LogP contribution in [0.25, 0.3) is 0 Å². The molecule has 27 heavy (non-hydrogen) atoms. The van der Waals surface area contributed by atoms with Crippen LogP contribution in [-0.4, -0.2) is 11.1 Å². The predicted octanol–water partition coefficient (Wildman–Crippen LogP) is 5.48. The number of ether oxygens (including phenoxy) is 1. The van der Waals surface area contributed by atoms with Crippen LogP contribution in [0.5, 0.6) is 5.75 Å². The number of anilines is 1. The Morgan fingerprint density at radius 2 is 1.78 bits per heavy atom. The van der Waals surface area contributed by atoms with Crippen LogP contribution in [0.3, 0.4) is 0 Å². The van der Waals surface area contributed by atoms with Crippen molar-refractivity contribution in [2.24, 2.45) is 0 Å². The van der Waals surface area contributed by atoms with Crippen molar-refractivity contribution in [1.29, 1.82) is 0 Å². The van der Waals surface area contributed by atoms with E-state index in [2.05, 4.69) is 21.2 Å². The highest BCUT2D eigenvalue weighted by molar-refractivity contribution is 9.10. The zero-order valence-electron chi connectivity index (χ0n) is 14.3. The third-order valence-electron chi connectivity index (χ3n) is 3.91. The van der Waals surface area contributed by atoms with E-state index in [4.69, 9.17) is 9.84 Å². The Hall–Kier alpha value is -2.86. The first-order chi connectivity index (χ1) is 13.0. The minimum Gasteiger partial charge on any atom is -0.488 e. The van der Waals surface area contributed by atoms with E-state index in [-0.39, 0.29) is 11.4 Å². The third-order valence-corrected chi connectivity index (χ3v) is 4.53. The van der Waals surface area contributed by atoms with Gasteiger partial charge in [-0.05, 0) is 69.5 Å². The summed E-state index contributed by atoms with van der Waals surface area (Å²) in [4.78, 5) is 11.0. The predicted molar refractivity (Wildman–Crippen MR) is 106 cm³/mol. The van der Waals surface area contributed by atoms with E-state index in [1.807, 2.05) is 24.3 Å². The second-order valence-electron chi connectivity index (χ2n) is 5.92. The van der Waals surface area contributed by atoms with Crippen LogP contribution in [0.2, 0.25) is 0 Å². The van der Waals surface area contributed by atoms with Gasteiger partial charge in [-0.2, -0.15) is 0 Å². The van der Waals surface area contributed by atoms with E-state index >= 15 is 0 Å². The number of hydrogen-bond acceptors (Lipinski definition) is 3. The number of benzene rings is 3. The van der Waals surface area contributed by atoms with Crippen LogP contribution in [0, 0.1) is 5.82 Å². The zero-order valence-corrected chi connectivity index (χ0v) is 15.9. The molecule has 2 N–H and O–H groups in total. The minimum absolute atomic E-state index is 0.241.